The molecule has 0 saturated heterocycles. The Morgan fingerprint density at radius 1 is 0.964 bits per heavy atom. The Kier molecular flexibility index (Phi) is 6.65. The highest BCUT2D eigenvalue weighted by Gasteiger charge is 2.09. The van der Waals surface area contributed by atoms with Gasteiger partial charge in [0.25, 0.3) is 0 Å². The maximum atomic E-state index is 9.52. The number of hydrogen-bond acceptors (Lipinski definition) is 2. The van der Waals surface area contributed by atoms with Gasteiger partial charge in [0.05, 0.1) is 21.7 Å². The highest BCUT2D eigenvalue weighted by molar-refractivity contribution is 6.36. The third kappa shape index (κ3) is 5.09. The number of benzene rings is 3. The molecule has 0 amide bonds. The van der Waals surface area contributed by atoms with Crippen LogP contribution < -0.4 is 4.74 Å². The highest BCUT2D eigenvalue weighted by atomic mass is 35.5. The summed E-state index contributed by atoms with van der Waals surface area (Å²) in [5.74, 6) is 0.586. The molecule has 0 N–H and O–H groups in total. The second-order valence-corrected chi connectivity index (χ2v) is 7.51. The molecule has 0 spiro atoms. The van der Waals surface area contributed by atoms with Crippen LogP contribution in [0.5, 0.6) is 5.75 Å². The number of halogens is 3. The molecule has 3 rings (SSSR count). The molecule has 0 aromatic heterocycles. The molecule has 28 heavy (non-hydrogen) atoms. The molecule has 0 unspecified atom stereocenters. The number of aryl methyl sites for hydroxylation is 1. The van der Waals surface area contributed by atoms with Gasteiger partial charge in [-0.25, -0.2) is 0 Å². The van der Waals surface area contributed by atoms with Crippen molar-refractivity contribution in [1.82, 2.24) is 0 Å². The first kappa shape index (κ1) is 20.3. The molecule has 5 heteroatoms. The molecule has 3 aromatic rings. The monoisotopic (exact) mass is 427 g/mol. The number of allylic oxidation sites excluding steroid dienone is 1. The van der Waals surface area contributed by atoms with Crippen LogP contribution in [0.15, 0.2) is 60.7 Å². The predicted molar refractivity (Wildman–Crippen MR) is 117 cm³/mol. The molecular formula is C23H16Cl3NO. The Morgan fingerprint density at radius 3 is 2.36 bits per heavy atom. The molecule has 0 aliphatic carbocycles. The van der Waals surface area contributed by atoms with Crippen LogP contribution in [0, 0.1) is 18.3 Å². The van der Waals surface area contributed by atoms with Crippen molar-refractivity contribution < 1.29 is 4.74 Å². The van der Waals surface area contributed by atoms with Crippen molar-refractivity contribution >= 4 is 46.5 Å². The van der Waals surface area contributed by atoms with Crippen LogP contribution in [0.1, 0.15) is 22.3 Å². The van der Waals surface area contributed by atoms with E-state index in [1.54, 1.807) is 36.4 Å². The van der Waals surface area contributed by atoms with Crippen LogP contribution >= 0.6 is 34.8 Å². The molecule has 0 aliphatic rings. The van der Waals surface area contributed by atoms with E-state index in [1.807, 2.05) is 37.3 Å². The van der Waals surface area contributed by atoms with Gasteiger partial charge in [0.1, 0.15) is 12.4 Å². The SMILES string of the molecule is Cc1ccc(COc2ccc(/C=C(\C#N)c3ccc(Cl)cc3Cl)cc2Cl)cc1. The van der Waals surface area contributed by atoms with Crippen LogP contribution in [0.2, 0.25) is 15.1 Å². The van der Waals surface area contributed by atoms with E-state index < -0.39 is 0 Å². The first-order valence-electron chi connectivity index (χ1n) is 8.51. The fourth-order valence-corrected chi connectivity index (χ4v) is 3.37. The fraction of sp³-hybridized carbons (Fsp3) is 0.0870. The Morgan fingerprint density at radius 2 is 1.71 bits per heavy atom. The summed E-state index contributed by atoms with van der Waals surface area (Å²) < 4.78 is 5.81. The largest absolute Gasteiger partial charge is 0.487 e. The third-order valence-corrected chi connectivity index (χ3v) is 4.97. The van der Waals surface area contributed by atoms with Crippen molar-refractivity contribution in [3.05, 3.63) is 98.0 Å². The van der Waals surface area contributed by atoms with E-state index in [0.29, 0.717) is 38.6 Å². The molecule has 0 bridgehead atoms. The highest BCUT2D eigenvalue weighted by Crippen LogP contribution is 2.31. The quantitative estimate of drug-likeness (QED) is 0.309. The topological polar surface area (TPSA) is 33.0 Å². The van der Waals surface area contributed by atoms with E-state index in [0.717, 1.165) is 11.1 Å². The molecule has 0 saturated carbocycles. The lowest BCUT2D eigenvalue weighted by Crippen LogP contribution is -1.96. The average Bonchev–Trinajstić information content (AvgIpc) is 2.67. The fourth-order valence-electron chi connectivity index (χ4n) is 2.61. The predicted octanol–water partition coefficient (Wildman–Crippen LogP) is 7.60. The van der Waals surface area contributed by atoms with Gasteiger partial charge in [-0.3, -0.25) is 0 Å². The van der Waals surface area contributed by atoms with Gasteiger partial charge in [-0.05, 0) is 48.4 Å². The summed E-state index contributed by atoms with van der Waals surface area (Å²) in [7, 11) is 0. The second-order valence-electron chi connectivity index (χ2n) is 6.26. The molecule has 0 atom stereocenters. The van der Waals surface area contributed by atoms with E-state index >= 15 is 0 Å². The lowest BCUT2D eigenvalue weighted by molar-refractivity contribution is 0.306. The average molecular weight is 429 g/mol. The van der Waals surface area contributed by atoms with Gasteiger partial charge in [-0.15, -0.1) is 0 Å². The van der Waals surface area contributed by atoms with Crippen molar-refractivity contribution in [2.24, 2.45) is 0 Å². The number of nitrogens with zero attached hydrogens (tertiary/aromatic N) is 1. The summed E-state index contributed by atoms with van der Waals surface area (Å²) in [5.41, 5.74) is 4.08. The summed E-state index contributed by atoms with van der Waals surface area (Å²) >= 11 is 18.5. The summed E-state index contributed by atoms with van der Waals surface area (Å²) in [6, 6.07) is 20.7. The van der Waals surface area contributed by atoms with Gasteiger partial charge in [0.15, 0.2) is 0 Å². The maximum absolute atomic E-state index is 9.52. The van der Waals surface area contributed by atoms with Crippen molar-refractivity contribution in [3.8, 4) is 11.8 Å². The zero-order valence-corrected chi connectivity index (χ0v) is 17.3. The Labute approximate surface area is 179 Å². The van der Waals surface area contributed by atoms with Crippen molar-refractivity contribution in [3.63, 3.8) is 0 Å². The smallest absolute Gasteiger partial charge is 0.138 e. The van der Waals surface area contributed by atoms with E-state index in [1.165, 1.54) is 5.56 Å². The maximum Gasteiger partial charge on any atom is 0.138 e. The molecule has 0 fully saturated rings. The lowest BCUT2D eigenvalue weighted by atomic mass is 10.0. The van der Waals surface area contributed by atoms with Gasteiger partial charge in [-0.1, -0.05) is 76.8 Å². The van der Waals surface area contributed by atoms with E-state index in [4.69, 9.17) is 39.5 Å². The Balaban J connectivity index is 1.79. The Hall–Kier alpha value is -2.44. The van der Waals surface area contributed by atoms with Gasteiger partial charge in [0, 0.05) is 10.6 Å². The molecular weight excluding hydrogens is 413 g/mol. The van der Waals surface area contributed by atoms with Gasteiger partial charge in [-0.2, -0.15) is 5.26 Å². The summed E-state index contributed by atoms with van der Waals surface area (Å²) in [6.45, 7) is 2.47. The third-order valence-electron chi connectivity index (χ3n) is 4.12. The Bertz CT molecular complexity index is 1070. The van der Waals surface area contributed by atoms with Crippen LogP contribution in [0.25, 0.3) is 11.6 Å². The zero-order chi connectivity index (χ0) is 20.1. The number of hydrogen-bond donors (Lipinski definition) is 0. The van der Waals surface area contributed by atoms with Crippen LogP contribution in [0.4, 0.5) is 0 Å². The van der Waals surface area contributed by atoms with Crippen LogP contribution in [-0.2, 0) is 6.61 Å². The summed E-state index contributed by atoms with van der Waals surface area (Å²) in [5, 5.41) is 10.9. The number of nitriles is 1. The molecule has 0 aliphatic heterocycles. The standard InChI is InChI=1S/C23H16Cl3NO/c1-15-2-4-16(5-3-15)14-28-23-9-6-17(11-22(23)26)10-18(13-27)20-8-7-19(24)12-21(20)25/h2-12H,14H2,1H3/b18-10+. The second kappa shape index (κ2) is 9.17. The molecule has 140 valence electrons. The minimum Gasteiger partial charge on any atom is -0.487 e. The molecule has 2 nitrogen and oxygen atoms in total. The number of rotatable bonds is 5. The first-order valence-corrected chi connectivity index (χ1v) is 9.65. The minimum atomic E-state index is 0.421. The molecule has 0 heterocycles. The lowest BCUT2D eigenvalue weighted by Gasteiger charge is -2.09. The molecule has 3 aromatic carbocycles. The van der Waals surface area contributed by atoms with E-state index in [2.05, 4.69) is 6.07 Å². The first-order chi connectivity index (χ1) is 13.5. The van der Waals surface area contributed by atoms with Gasteiger partial charge < -0.3 is 4.74 Å². The van der Waals surface area contributed by atoms with E-state index in [-0.39, 0.29) is 0 Å². The van der Waals surface area contributed by atoms with Crippen LogP contribution in [-0.4, -0.2) is 0 Å². The van der Waals surface area contributed by atoms with Crippen molar-refractivity contribution in [2.75, 3.05) is 0 Å². The summed E-state index contributed by atoms with van der Waals surface area (Å²) in [6.07, 6.45) is 1.73. The van der Waals surface area contributed by atoms with Gasteiger partial charge >= 0.3 is 0 Å². The van der Waals surface area contributed by atoms with E-state index in [9.17, 15) is 5.26 Å². The van der Waals surface area contributed by atoms with Crippen molar-refractivity contribution in [2.45, 2.75) is 13.5 Å². The summed E-state index contributed by atoms with van der Waals surface area (Å²) in [4.78, 5) is 0. The number of ether oxygens (including phenoxy) is 1. The van der Waals surface area contributed by atoms with Crippen LogP contribution in [0.3, 0.4) is 0 Å². The molecule has 0 radical (unpaired) electrons. The normalized spacial score (nSPS) is 11.2. The van der Waals surface area contributed by atoms with Crippen molar-refractivity contribution in [1.29, 1.82) is 5.26 Å². The van der Waals surface area contributed by atoms with Gasteiger partial charge in [0.2, 0.25) is 0 Å². The zero-order valence-electron chi connectivity index (χ0n) is 15.0. The minimum absolute atomic E-state index is 0.421.